The van der Waals surface area contributed by atoms with Crippen LogP contribution in [0.15, 0.2) is 0 Å². The standard InChI is InChI=1S/C10H21NO2/c1-8(12)9(2)13-7-10-5-3-4-6-11-10/h8-12H,3-7H2,1-2H3/t8?,9-,10+/m0/s1. The highest BCUT2D eigenvalue weighted by Crippen LogP contribution is 2.08. The summed E-state index contributed by atoms with van der Waals surface area (Å²) in [6.07, 6.45) is 3.35. The molecular formula is C10H21NO2. The number of hydrogen-bond acceptors (Lipinski definition) is 3. The van der Waals surface area contributed by atoms with Gasteiger partial charge >= 0.3 is 0 Å². The van der Waals surface area contributed by atoms with Crippen molar-refractivity contribution in [3.8, 4) is 0 Å². The highest BCUT2D eigenvalue weighted by molar-refractivity contribution is 4.72. The van der Waals surface area contributed by atoms with E-state index in [1.807, 2.05) is 6.92 Å². The van der Waals surface area contributed by atoms with Crippen molar-refractivity contribution in [2.75, 3.05) is 13.2 Å². The van der Waals surface area contributed by atoms with Crippen LogP contribution in [0.2, 0.25) is 0 Å². The Morgan fingerprint density at radius 3 is 2.77 bits per heavy atom. The van der Waals surface area contributed by atoms with Crippen molar-refractivity contribution in [1.82, 2.24) is 5.32 Å². The maximum atomic E-state index is 9.20. The third-order valence-electron chi connectivity index (χ3n) is 2.65. The molecule has 78 valence electrons. The second-order valence-corrected chi connectivity index (χ2v) is 3.93. The quantitative estimate of drug-likeness (QED) is 0.687. The monoisotopic (exact) mass is 187 g/mol. The molecule has 0 amide bonds. The minimum atomic E-state index is -0.372. The smallest absolute Gasteiger partial charge is 0.0803 e. The fourth-order valence-electron chi connectivity index (χ4n) is 1.47. The molecule has 1 aliphatic rings. The molecule has 0 radical (unpaired) electrons. The molecule has 0 aromatic carbocycles. The lowest BCUT2D eigenvalue weighted by Crippen LogP contribution is -2.39. The summed E-state index contributed by atoms with van der Waals surface area (Å²) in [5, 5.41) is 12.6. The number of aliphatic hydroxyl groups excluding tert-OH is 1. The van der Waals surface area contributed by atoms with Crippen molar-refractivity contribution < 1.29 is 9.84 Å². The Morgan fingerprint density at radius 2 is 2.23 bits per heavy atom. The summed E-state index contributed by atoms with van der Waals surface area (Å²) in [4.78, 5) is 0. The Hall–Kier alpha value is -0.120. The molecule has 0 aromatic rings. The number of nitrogens with one attached hydrogen (secondary N) is 1. The molecule has 1 aliphatic heterocycles. The average molecular weight is 187 g/mol. The molecule has 3 nitrogen and oxygen atoms in total. The lowest BCUT2D eigenvalue weighted by Gasteiger charge is -2.25. The summed E-state index contributed by atoms with van der Waals surface area (Å²) in [6.45, 7) is 5.51. The minimum absolute atomic E-state index is 0.0521. The zero-order valence-electron chi connectivity index (χ0n) is 8.62. The molecule has 1 rings (SSSR count). The Bertz CT molecular complexity index is 133. The first-order chi connectivity index (χ1) is 6.20. The summed E-state index contributed by atoms with van der Waals surface area (Å²) >= 11 is 0. The predicted molar refractivity (Wildman–Crippen MR) is 52.7 cm³/mol. The van der Waals surface area contributed by atoms with Crippen LogP contribution >= 0.6 is 0 Å². The molecule has 2 N–H and O–H groups in total. The second kappa shape index (κ2) is 5.58. The van der Waals surface area contributed by atoms with E-state index in [4.69, 9.17) is 4.74 Å². The zero-order valence-corrected chi connectivity index (χ0v) is 8.62. The zero-order chi connectivity index (χ0) is 9.68. The van der Waals surface area contributed by atoms with E-state index in [1.165, 1.54) is 19.3 Å². The van der Waals surface area contributed by atoms with Crippen molar-refractivity contribution in [2.45, 2.75) is 51.4 Å². The maximum absolute atomic E-state index is 9.20. The van der Waals surface area contributed by atoms with Crippen LogP contribution in [0.4, 0.5) is 0 Å². The van der Waals surface area contributed by atoms with Crippen molar-refractivity contribution in [3.05, 3.63) is 0 Å². The highest BCUT2D eigenvalue weighted by atomic mass is 16.5. The third-order valence-corrected chi connectivity index (χ3v) is 2.65. The van der Waals surface area contributed by atoms with Gasteiger partial charge in [0.1, 0.15) is 0 Å². The molecule has 0 saturated carbocycles. The van der Waals surface area contributed by atoms with Crippen molar-refractivity contribution >= 4 is 0 Å². The fraction of sp³-hybridized carbons (Fsp3) is 1.00. The van der Waals surface area contributed by atoms with Crippen molar-refractivity contribution in [3.63, 3.8) is 0 Å². The molecule has 3 heteroatoms. The Kier molecular flexibility index (Phi) is 4.70. The molecule has 1 saturated heterocycles. The molecule has 0 bridgehead atoms. The van der Waals surface area contributed by atoms with Crippen molar-refractivity contribution in [2.24, 2.45) is 0 Å². The molecule has 0 spiro atoms. The van der Waals surface area contributed by atoms with E-state index in [0.29, 0.717) is 6.04 Å². The molecule has 1 fully saturated rings. The molecule has 13 heavy (non-hydrogen) atoms. The molecule has 0 aromatic heterocycles. The van der Waals surface area contributed by atoms with Crippen LogP contribution < -0.4 is 5.32 Å². The van der Waals surface area contributed by atoms with Gasteiger partial charge in [-0.3, -0.25) is 0 Å². The number of rotatable bonds is 4. The second-order valence-electron chi connectivity index (χ2n) is 3.93. The SMILES string of the molecule is CC(O)[C@H](C)OC[C@H]1CCCCN1. The Labute approximate surface area is 80.5 Å². The van der Waals surface area contributed by atoms with E-state index >= 15 is 0 Å². The Morgan fingerprint density at radius 1 is 1.46 bits per heavy atom. The van der Waals surface area contributed by atoms with Gasteiger partial charge < -0.3 is 15.2 Å². The lowest BCUT2D eigenvalue weighted by molar-refractivity contribution is -0.0281. The van der Waals surface area contributed by atoms with Gasteiger partial charge in [-0.25, -0.2) is 0 Å². The lowest BCUT2D eigenvalue weighted by atomic mass is 10.1. The first kappa shape index (κ1) is 11.0. The van der Waals surface area contributed by atoms with Gasteiger partial charge in [0, 0.05) is 6.04 Å². The average Bonchev–Trinajstić information content (AvgIpc) is 2.15. The molecule has 3 atom stereocenters. The fourth-order valence-corrected chi connectivity index (χ4v) is 1.47. The number of piperidine rings is 1. The van der Waals surface area contributed by atoms with E-state index in [0.717, 1.165) is 13.2 Å². The van der Waals surface area contributed by atoms with Crippen LogP contribution in [0.3, 0.4) is 0 Å². The van der Waals surface area contributed by atoms with E-state index in [9.17, 15) is 5.11 Å². The number of hydrogen-bond donors (Lipinski definition) is 2. The molecule has 1 heterocycles. The normalized spacial score (nSPS) is 28.4. The van der Waals surface area contributed by atoms with Crippen LogP contribution in [0, 0.1) is 0 Å². The number of aliphatic hydroxyl groups is 1. The van der Waals surface area contributed by atoms with Gasteiger partial charge in [-0.05, 0) is 33.2 Å². The molecular weight excluding hydrogens is 166 g/mol. The van der Waals surface area contributed by atoms with E-state index in [-0.39, 0.29) is 12.2 Å². The highest BCUT2D eigenvalue weighted by Gasteiger charge is 2.15. The summed E-state index contributed by atoms with van der Waals surface area (Å²) in [5.74, 6) is 0. The van der Waals surface area contributed by atoms with Gasteiger partial charge in [-0.2, -0.15) is 0 Å². The van der Waals surface area contributed by atoms with E-state index in [2.05, 4.69) is 5.32 Å². The number of ether oxygens (including phenoxy) is 1. The largest absolute Gasteiger partial charge is 0.391 e. The van der Waals surface area contributed by atoms with Crippen molar-refractivity contribution in [1.29, 1.82) is 0 Å². The van der Waals surface area contributed by atoms with Crippen LogP contribution in [0.25, 0.3) is 0 Å². The third kappa shape index (κ3) is 4.07. The first-order valence-electron chi connectivity index (χ1n) is 5.23. The van der Waals surface area contributed by atoms with Gasteiger partial charge in [0.05, 0.1) is 18.8 Å². The van der Waals surface area contributed by atoms with Crippen LogP contribution in [0.5, 0.6) is 0 Å². The van der Waals surface area contributed by atoms with Gasteiger partial charge in [0.25, 0.3) is 0 Å². The first-order valence-corrected chi connectivity index (χ1v) is 5.23. The molecule has 0 aliphatic carbocycles. The summed E-state index contributed by atoms with van der Waals surface area (Å²) in [6, 6.07) is 0.495. The minimum Gasteiger partial charge on any atom is -0.391 e. The molecule has 1 unspecified atom stereocenters. The summed E-state index contributed by atoms with van der Waals surface area (Å²) < 4.78 is 5.53. The van der Waals surface area contributed by atoms with Gasteiger partial charge in [-0.15, -0.1) is 0 Å². The predicted octanol–water partition coefficient (Wildman–Crippen LogP) is 0.914. The van der Waals surface area contributed by atoms with Gasteiger partial charge in [-0.1, -0.05) is 6.42 Å². The van der Waals surface area contributed by atoms with Gasteiger partial charge in [0.2, 0.25) is 0 Å². The summed E-state index contributed by atoms with van der Waals surface area (Å²) in [7, 11) is 0. The Balaban J connectivity index is 2.10. The van der Waals surface area contributed by atoms with E-state index in [1.54, 1.807) is 6.92 Å². The van der Waals surface area contributed by atoms with Crippen LogP contribution in [-0.4, -0.2) is 36.5 Å². The van der Waals surface area contributed by atoms with Crippen LogP contribution in [0.1, 0.15) is 33.1 Å². The topological polar surface area (TPSA) is 41.5 Å². The van der Waals surface area contributed by atoms with Crippen LogP contribution in [-0.2, 0) is 4.74 Å². The maximum Gasteiger partial charge on any atom is 0.0803 e. The van der Waals surface area contributed by atoms with Gasteiger partial charge in [0.15, 0.2) is 0 Å². The van der Waals surface area contributed by atoms with E-state index < -0.39 is 0 Å². The summed E-state index contributed by atoms with van der Waals surface area (Å²) in [5.41, 5.74) is 0.